The third kappa shape index (κ3) is 51.1. The molecule has 6 aromatic carbocycles. The molecule has 0 aromatic heterocycles. The fourth-order valence-corrected chi connectivity index (χ4v) is 15.9. The lowest BCUT2D eigenvalue weighted by atomic mass is 10.0. The second-order valence-electron chi connectivity index (χ2n) is 28.8. The first-order valence-corrected chi connectivity index (χ1v) is 48.6. The first kappa shape index (κ1) is 128. The molecule has 51 nitrogen and oxygen atoms in total. The van der Waals surface area contributed by atoms with Crippen molar-refractivity contribution >= 4 is 253 Å². The Kier molecular flexibility index (Phi) is 59.8. The average molecular weight is 2160 g/mol. The molecule has 26 N–H and O–H groups in total. The molecule has 0 saturated carbocycles. The lowest BCUT2D eigenvalue weighted by molar-refractivity contribution is -0.141. The van der Waals surface area contributed by atoms with E-state index in [1.54, 1.807) is 55.6 Å². The van der Waals surface area contributed by atoms with Crippen molar-refractivity contribution in [3.8, 4) is 0 Å². The summed E-state index contributed by atoms with van der Waals surface area (Å²) in [6, 6.07) is 24.4. The lowest BCUT2D eigenvalue weighted by Crippen LogP contribution is -2.41. The van der Waals surface area contributed by atoms with E-state index in [4.69, 9.17) is 72.0 Å². The number of anilines is 6. The molecular weight excluding hydrogens is 2050 g/mol. The van der Waals surface area contributed by atoms with Gasteiger partial charge in [0.1, 0.15) is 49.5 Å². The molecule has 0 aliphatic heterocycles. The monoisotopic (exact) mass is 2160 g/mol. The van der Waals surface area contributed by atoms with Crippen LogP contribution in [0.5, 0.6) is 0 Å². The Balaban J connectivity index is 0.000000877. The van der Waals surface area contributed by atoms with Crippen molar-refractivity contribution in [1.82, 2.24) is 31.9 Å². The topological polar surface area (TPSA) is 852 Å². The number of carbonyl (C=O) groups is 25. The van der Waals surface area contributed by atoms with Crippen LogP contribution >= 0.6 is 70.6 Å². The van der Waals surface area contributed by atoms with Gasteiger partial charge in [-0.2, -0.15) is 23.5 Å². The Hall–Kier alpha value is -16.0. The number of Topliss-reactive ketones (excluding diaryl/α,β-unsaturated/α-hetero) is 1. The number of nitrogens with two attached hydrogens (primary N) is 2. The SMILES string of the molecule is CC(=O)NC(CSCC(=O)Nc1c(C(=O)O)cccc1C(=O)O)C(=O)O.CC(=O)NC(CSCC(=O)Nc1c(C(C)=O)cccc1C(=O)O)C(=O)O.CC(=O)NC(CSCC(=O)Nc1ccccc1C(=O)O)C(=O)O.CC(=O)NC(CSCC(=O)Nc1ccccc1C(N)=O)C(=O)O.CC(=O)NC(CSCCOC(=O)c1cccc(C(=O)O)c1N)C(=O)O.CNc1ccccc1C(=O)OCCSCC(NC(C)=O)C(=O)O. The van der Waals surface area contributed by atoms with E-state index in [1.807, 2.05) is 6.07 Å². The quantitative estimate of drug-likeness (QED) is 0.0112. The number of nitrogens with one attached hydrogen (secondary N) is 11. The number of primary amides is 1. The van der Waals surface area contributed by atoms with E-state index in [2.05, 4.69) is 58.5 Å². The highest BCUT2D eigenvalue weighted by molar-refractivity contribution is 8.01. The number of rotatable bonds is 52. The van der Waals surface area contributed by atoms with Crippen molar-refractivity contribution in [3.05, 3.63) is 177 Å². The third-order valence-electron chi connectivity index (χ3n) is 17.2. The number of aromatic carboxylic acids is 5. The summed E-state index contributed by atoms with van der Waals surface area (Å²) >= 11 is 6.37. The molecule has 146 heavy (non-hydrogen) atoms. The number of carboxylic acids is 11. The van der Waals surface area contributed by atoms with Gasteiger partial charge in [0.25, 0.3) is 5.91 Å². The van der Waals surface area contributed by atoms with Crippen molar-refractivity contribution in [1.29, 1.82) is 0 Å². The van der Waals surface area contributed by atoms with Gasteiger partial charge in [0, 0.05) is 106 Å². The van der Waals surface area contributed by atoms with E-state index in [1.165, 1.54) is 126 Å². The number of ketones is 1. The van der Waals surface area contributed by atoms with Gasteiger partial charge in [-0.3, -0.25) is 57.5 Å². The Morgan fingerprint density at radius 3 is 0.795 bits per heavy atom. The van der Waals surface area contributed by atoms with Crippen LogP contribution in [0.4, 0.5) is 34.1 Å². The highest BCUT2D eigenvalue weighted by atomic mass is 32.2. The maximum atomic E-state index is 12.1. The summed E-state index contributed by atoms with van der Waals surface area (Å²) in [5, 5.41) is 125. The van der Waals surface area contributed by atoms with E-state index in [0.717, 1.165) is 66.1 Å². The molecule has 0 saturated heterocycles. The standard InChI is InChI=1S/C16H18N2O7S.C15H16N2O8S.C15H18N2O7S.C15H20N2O5S.C14H17N3O5S.C14H16N2O6S/c1-8(19)10-4-3-5-11(15(22)23)14(10)18-13(21)7-26-6-12(16(24)25)17-9(2)20;1-7(18)16-10(15(24)25)5-26-6-11(19)17-12-8(13(20)21)3-2-4-9(12)14(22)23;1-8(18)17-11(14(21)22)7-25-6-5-24-15(23)10-4-2-3-9(12(10)16)13(19)20;1-10(18)17-13(14(19)20)9-23-8-7-22-15(21)11-5-3-4-6-12(11)16-2;1-8(18)16-11(14(21)22)6-23-7-12(19)17-10-5-3-2-4-9(10)13(15)20;1-8(17)15-11(14(21)22)6-23-7-12(18)16-10-5-3-2-4-9(10)13(19)20/h3-5,12H,6-7H2,1-2H3,(H,17,20)(H,18,21)(H,22,23)(H,24,25);2-4,10H,5-6H2,1H3,(H,16,18)(H,17,19)(H,20,21)(H,22,23)(H,24,25);2-4,11H,5-7,16H2,1H3,(H,17,18)(H,19,20)(H,21,22);3-6,13,16H,7-9H2,1-2H3,(H,17,18)(H,19,20);2-5,11H,6-7H2,1H3,(H2,15,20)(H,16,18)(H,17,19)(H,21,22);2-5,11H,6-7H2,1H3,(H,15,17)(H,16,18)(H,19,20)(H,21,22). The predicted molar refractivity (Wildman–Crippen MR) is 536 cm³/mol. The van der Waals surface area contributed by atoms with Gasteiger partial charge in [0.15, 0.2) is 5.78 Å². The van der Waals surface area contributed by atoms with Crippen LogP contribution in [0.3, 0.4) is 0 Å². The summed E-state index contributed by atoms with van der Waals surface area (Å²) in [7, 11) is 1.72. The van der Waals surface area contributed by atoms with Crippen LogP contribution in [0.1, 0.15) is 142 Å². The van der Waals surface area contributed by atoms with E-state index >= 15 is 0 Å². The molecule has 6 rings (SSSR count). The molecule has 0 fully saturated rings. The average Bonchev–Trinajstić information content (AvgIpc) is 0.819. The van der Waals surface area contributed by atoms with Crippen LogP contribution in [0, 0.1) is 0 Å². The number of carboxylic acid groups (broad SMARTS) is 11. The highest BCUT2D eigenvalue weighted by Gasteiger charge is 2.29. The summed E-state index contributed by atoms with van der Waals surface area (Å²) < 4.78 is 10.2. The summed E-state index contributed by atoms with van der Waals surface area (Å²) in [6.45, 7) is 8.63. The minimum Gasteiger partial charge on any atom is -0.480 e. The van der Waals surface area contributed by atoms with Gasteiger partial charge in [-0.05, 0) is 79.7 Å². The minimum atomic E-state index is -1.41. The Morgan fingerprint density at radius 2 is 0.514 bits per heavy atom. The molecule has 0 aliphatic rings. The number of carbonyl (C=O) groups excluding carboxylic acids is 14. The highest BCUT2D eigenvalue weighted by Crippen LogP contribution is 2.27. The number of nitrogen functional groups attached to an aromatic ring is 1. The Morgan fingerprint density at radius 1 is 0.281 bits per heavy atom. The van der Waals surface area contributed by atoms with Crippen LogP contribution in [0.15, 0.2) is 127 Å². The lowest BCUT2D eigenvalue weighted by Gasteiger charge is -2.14. The second-order valence-corrected chi connectivity index (χ2v) is 35.2. The summed E-state index contributed by atoms with van der Waals surface area (Å²) in [4.78, 5) is 281. The molecule has 0 aliphatic carbocycles. The van der Waals surface area contributed by atoms with Crippen LogP contribution in [-0.4, -0.2) is 330 Å². The molecule has 6 atom stereocenters. The van der Waals surface area contributed by atoms with Crippen molar-refractivity contribution in [2.75, 3.05) is 122 Å². The largest absolute Gasteiger partial charge is 0.480 e. The van der Waals surface area contributed by atoms with E-state index < -0.39 is 185 Å². The van der Waals surface area contributed by atoms with Gasteiger partial charge in [0.05, 0.1) is 96.0 Å². The minimum absolute atomic E-state index is 0.0168. The molecular formula is C89H105N13O38S6. The number of amides is 11. The zero-order chi connectivity index (χ0) is 111. The van der Waals surface area contributed by atoms with Crippen molar-refractivity contribution in [2.24, 2.45) is 5.73 Å². The summed E-state index contributed by atoms with van der Waals surface area (Å²) in [5.74, 6) is -20.5. The number of esters is 2. The van der Waals surface area contributed by atoms with E-state index in [9.17, 15) is 125 Å². The predicted octanol–water partition coefficient (Wildman–Crippen LogP) is 3.54. The number of para-hydroxylation sites is 6. The van der Waals surface area contributed by atoms with Gasteiger partial charge >= 0.3 is 77.6 Å². The van der Waals surface area contributed by atoms with Crippen molar-refractivity contribution in [2.45, 2.75) is 84.7 Å². The molecule has 790 valence electrons. The normalized spacial score (nSPS) is 11.3. The number of hydrogen-bond acceptors (Lipinski definition) is 35. The van der Waals surface area contributed by atoms with Crippen molar-refractivity contribution < 1.29 is 186 Å². The van der Waals surface area contributed by atoms with Gasteiger partial charge in [-0.25, -0.2) is 62.3 Å². The van der Waals surface area contributed by atoms with Crippen LogP contribution in [0.25, 0.3) is 0 Å². The van der Waals surface area contributed by atoms with E-state index in [0.29, 0.717) is 28.4 Å². The fourth-order valence-electron chi connectivity index (χ4n) is 10.9. The van der Waals surface area contributed by atoms with E-state index in [-0.39, 0.29) is 138 Å². The molecule has 0 spiro atoms. The maximum absolute atomic E-state index is 12.1. The van der Waals surface area contributed by atoms with Crippen LogP contribution in [0.2, 0.25) is 0 Å². The molecule has 0 bridgehead atoms. The smallest absolute Gasteiger partial charge is 0.340 e. The number of ether oxygens (including phenoxy) is 2. The van der Waals surface area contributed by atoms with Crippen LogP contribution < -0.4 is 70.0 Å². The molecule has 11 amide bonds. The Labute approximate surface area is 855 Å². The molecule has 6 aromatic rings. The zero-order valence-electron chi connectivity index (χ0n) is 78.5. The number of aliphatic carboxylic acids is 6. The van der Waals surface area contributed by atoms with Gasteiger partial charge in [-0.1, -0.05) is 54.6 Å². The Bertz CT molecular complexity index is 5440. The van der Waals surface area contributed by atoms with Gasteiger partial charge in [0.2, 0.25) is 59.1 Å². The first-order chi connectivity index (χ1) is 68.6. The summed E-state index contributed by atoms with van der Waals surface area (Å²) in [6.07, 6.45) is 0. The third-order valence-corrected chi connectivity index (χ3v) is 23.4. The maximum Gasteiger partial charge on any atom is 0.340 e. The van der Waals surface area contributed by atoms with Gasteiger partial charge in [-0.15, -0.1) is 47.0 Å². The fraction of sp³-hybridized carbons (Fsp3) is 0.315. The zero-order valence-corrected chi connectivity index (χ0v) is 83.4. The number of benzene rings is 6. The first-order valence-electron chi connectivity index (χ1n) is 41.6. The van der Waals surface area contributed by atoms with Crippen molar-refractivity contribution in [3.63, 3.8) is 0 Å². The second kappa shape index (κ2) is 68.2. The molecule has 0 heterocycles. The van der Waals surface area contributed by atoms with Gasteiger partial charge < -0.3 is 136 Å². The molecule has 0 radical (unpaired) electrons. The van der Waals surface area contributed by atoms with Crippen LogP contribution in [-0.2, 0) is 86.2 Å². The number of thioether (sulfide) groups is 6. The molecule has 6 unspecified atom stereocenters. The molecule has 57 heteroatoms. The number of hydrogen-bond donors (Lipinski definition) is 24. The summed E-state index contributed by atoms with van der Waals surface area (Å²) in [5.41, 5.74) is 10.8.